The molecule has 162 valence electrons. The molecule has 0 spiro atoms. The number of ether oxygens (including phenoxy) is 1. The number of amides is 1. The van der Waals surface area contributed by atoms with Crippen molar-refractivity contribution in [3.8, 4) is 17.2 Å². The molecular weight excluding hydrogens is 494 g/mol. The predicted molar refractivity (Wildman–Crippen MR) is 130 cm³/mol. The van der Waals surface area contributed by atoms with Gasteiger partial charge in [0, 0.05) is 32.9 Å². The first-order valence-electron chi connectivity index (χ1n) is 9.22. The summed E-state index contributed by atoms with van der Waals surface area (Å²) >= 11 is 24.4. The molecule has 0 atom stereocenters. The van der Waals surface area contributed by atoms with E-state index in [0.717, 1.165) is 0 Å². The molecule has 0 fully saturated rings. The summed E-state index contributed by atoms with van der Waals surface area (Å²) in [5.74, 6) is 0.429. The van der Waals surface area contributed by atoms with E-state index in [0.29, 0.717) is 59.6 Å². The molecule has 1 amide bonds. The van der Waals surface area contributed by atoms with E-state index in [1.807, 2.05) is 6.07 Å². The van der Waals surface area contributed by atoms with Crippen molar-refractivity contribution >= 4 is 75.2 Å². The second kappa shape index (κ2) is 9.43. The Morgan fingerprint density at radius 3 is 2.56 bits per heavy atom. The Kier molecular flexibility index (Phi) is 6.63. The largest absolute Gasteiger partial charge is 0.495 e. The normalized spacial score (nSPS) is 11.3. The molecule has 0 saturated heterocycles. The fourth-order valence-electron chi connectivity index (χ4n) is 3.08. The van der Waals surface area contributed by atoms with Crippen molar-refractivity contribution in [3.63, 3.8) is 0 Å². The van der Waals surface area contributed by atoms with Gasteiger partial charge < -0.3 is 14.5 Å². The van der Waals surface area contributed by atoms with Gasteiger partial charge in [-0.05, 0) is 48.5 Å². The zero-order valence-electron chi connectivity index (χ0n) is 16.5. The molecular formula is C23H14Cl4N2O3. The van der Waals surface area contributed by atoms with Gasteiger partial charge in [0.2, 0.25) is 11.8 Å². The standard InChI is InChI=1S/C23H14Cl4N2O3/c1-31-21-12(7-14(24)9-17(21)26)5-6-20(30)28-16-4-2-3-13(8-16)23-29-19-11-15(25)10-18(27)22(19)32-23/h2-11H,1H3,(H,28,30)/b6-5+. The van der Waals surface area contributed by atoms with E-state index in [-0.39, 0.29) is 5.91 Å². The fourth-order valence-corrected chi connectivity index (χ4v) is 4.19. The van der Waals surface area contributed by atoms with Gasteiger partial charge in [-0.3, -0.25) is 4.79 Å². The molecule has 0 saturated carbocycles. The van der Waals surface area contributed by atoms with Crippen molar-refractivity contribution in [3.05, 3.63) is 80.3 Å². The van der Waals surface area contributed by atoms with E-state index in [9.17, 15) is 4.79 Å². The third-order valence-electron chi connectivity index (χ3n) is 4.44. The molecule has 0 radical (unpaired) electrons. The topological polar surface area (TPSA) is 64.4 Å². The molecule has 3 aromatic carbocycles. The Hall–Kier alpha value is -2.70. The van der Waals surface area contributed by atoms with E-state index in [4.69, 9.17) is 55.6 Å². The summed E-state index contributed by atoms with van der Waals surface area (Å²) in [5, 5.41) is 4.42. The zero-order valence-corrected chi connectivity index (χ0v) is 19.5. The van der Waals surface area contributed by atoms with Crippen LogP contribution in [-0.4, -0.2) is 18.0 Å². The van der Waals surface area contributed by atoms with Crippen LogP contribution in [0, 0.1) is 0 Å². The van der Waals surface area contributed by atoms with Crippen LogP contribution in [0.5, 0.6) is 5.75 Å². The van der Waals surface area contributed by atoms with Crippen LogP contribution in [0.4, 0.5) is 5.69 Å². The molecule has 0 aliphatic carbocycles. The number of aromatic nitrogens is 1. The van der Waals surface area contributed by atoms with E-state index in [1.54, 1.807) is 48.5 Å². The Morgan fingerprint density at radius 1 is 1.03 bits per heavy atom. The van der Waals surface area contributed by atoms with Crippen LogP contribution in [0.25, 0.3) is 28.6 Å². The minimum absolute atomic E-state index is 0.354. The van der Waals surface area contributed by atoms with E-state index in [1.165, 1.54) is 13.2 Å². The number of oxazole rings is 1. The van der Waals surface area contributed by atoms with Crippen LogP contribution in [0.3, 0.4) is 0 Å². The molecule has 0 aliphatic rings. The number of halogens is 4. The Balaban J connectivity index is 1.55. The molecule has 1 N–H and O–H groups in total. The zero-order chi connectivity index (χ0) is 22.8. The first-order valence-corrected chi connectivity index (χ1v) is 10.7. The fraction of sp³-hybridized carbons (Fsp3) is 0.0435. The lowest BCUT2D eigenvalue weighted by Gasteiger charge is -2.08. The van der Waals surface area contributed by atoms with Gasteiger partial charge in [0.1, 0.15) is 11.3 Å². The summed E-state index contributed by atoms with van der Waals surface area (Å²) in [7, 11) is 1.49. The van der Waals surface area contributed by atoms with Crippen molar-refractivity contribution in [1.82, 2.24) is 4.98 Å². The summed E-state index contributed by atoms with van der Waals surface area (Å²) < 4.78 is 11.1. The highest BCUT2D eigenvalue weighted by Crippen LogP contribution is 2.34. The maximum atomic E-state index is 12.5. The average molecular weight is 508 g/mol. The van der Waals surface area contributed by atoms with Gasteiger partial charge in [0.15, 0.2) is 5.58 Å². The number of nitrogens with one attached hydrogen (secondary N) is 1. The third-order valence-corrected chi connectivity index (χ3v) is 5.44. The number of nitrogens with zero attached hydrogens (tertiary/aromatic N) is 1. The number of fused-ring (bicyclic) bond motifs is 1. The highest BCUT2D eigenvalue weighted by molar-refractivity contribution is 6.38. The van der Waals surface area contributed by atoms with Crippen molar-refractivity contribution in [1.29, 1.82) is 0 Å². The van der Waals surface area contributed by atoms with Crippen LogP contribution >= 0.6 is 46.4 Å². The number of benzene rings is 3. The van der Waals surface area contributed by atoms with Gasteiger partial charge in [-0.2, -0.15) is 0 Å². The lowest BCUT2D eigenvalue weighted by molar-refractivity contribution is -0.111. The smallest absolute Gasteiger partial charge is 0.248 e. The van der Waals surface area contributed by atoms with Crippen LogP contribution in [0.2, 0.25) is 20.1 Å². The number of anilines is 1. The lowest BCUT2D eigenvalue weighted by atomic mass is 10.1. The van der Waals surface area contributed by atoms with Gasteiger partial charge in [-0.15, -0.1) is 0 Å². The molecule has 4 rings (SSSR count). The predicted octanol–water partition coefficient (Wildman–Crippen LogP) is 7.77. The molecule has 4 aromatic rings. The van der Waals surface area contributed by atoms with Gasteiger partial charge in [0.05, 0.1) is 17.2 Å². The van der Waals surface area contributed by atoms with Gasteiger partial charge in [0.25, 0.3) is 0 Å². The number of hydrogen-bond donors (Lipinski definition) is 1. The van der Waals surface area contributed by atoms with Crippen LogP contribution in [-0.2, 0) is 4.79 Å². The monoisotopic (exact) mass is 506 g/mol. The minimum atomic E-state index is -0.354. The average Bonchev–Trinajstić information content (AvgIpc) is 3.16. The maximum absolute atomic E-state index is 12.5. The Bertz CT molecular complexity index is 1370. The van der Waals surface area contributed by atoms with Crippen LogP contribution in [0.15, 0.2) is 59.0 Å². The summed E-state index contributed by atoms with van der Waals surface area (Å²) in [6.45, 7) is 0. The number of rotatable bonds is 5. The molecule has 0 bridgehead atoms. The van der Waals surface area contributed by atoms with E-state index >= 15 is 0 Å². The molecule has 0 unspecified atom stereocenters. The van der Waals surface area contributed by atoms with E-state index in [2.05, 4.69) is 10.3 Å². The molecule has 1 heterocycles. The van der Waals surface area contributed by atoms with Crippen LogP contribution in [0.1, 0.15) is 5.56 Å². The second-order valence-electron chi connectivity index (χ2n) is 6.67. The van der Waals surface area contributed by atoms with Crippen molar-refractivity contribution in [2.45, 2.75) is 0 Å². The highest BCUT2D eigenvalue weighted by atomic mass is 35.5. The van der Waals surface area contributed by atoms with Crippen molar-refractivity contribution < 1.29 is 13.9 Å². The minimum Gasteiger partial charge on any atom is -0.495 e. The Morgan fingerprint density at radius 2 is 1.78 bits per heavy atom. The third kappa shape index (κ3) is 4.87. The Labute approximate surface area is 203 Å². The molecule has 1 aromatic heterocycles. The van der Waals surface area contributed by atoms with Gasteiger partial charge >= 0.3 is 0 Å². The van der Waals surface area contributed by atoms with Crippen molar-refractivity contribution in [2.75, 3.05) is 12.4 Å². The summed E-state index contributed by atoms with van der Waals surface area (Å²) in [5.41, 5.74) is 2.79. The van der Waals surface area contributed by atoms with Crippen molar-refractivity contribution in [2.24, 2.45) is 0 Å². The molecule has 0 aliphatic heterocycles. The number of methoxy groups -OCH3 is 1. The SMILES string of the molecule is COc1c(Cl)cc(Cl)cc1/C=C/C(=O)Nc1cccc(-c2nc3cc(Cl)cc(Cl)c3o2)c1. The summed E-state index contributed by atoms with van der Waals surface area (Å²) in [6.07, 6.45) is 2.93. The molecule has 5 nitrogen and oxygen atoms in total. The highest BCUT2D eigenvalue weighted by Gasteiger charge is 2.13. The van der Waals surface area contributed by atoms with Gasteiger partial charge in [-0.25, -0.2) is 4.98 Å². The maximum Gasteiger partial charge on any atom is 0.248 e. The number of carbonyl (C=O) groups excluding carboxylic acids is 1. The first kappa shape index (κ1) is 22.5. The lowest BCUT2D eigenvalue weighted by Crippen LogP contribution is -2.07. The van der Waals surface area contributed by atoms with Crippen LogP contribution < -0.4 is 10.1 Å². The first-order chi connectivity index (χ1) is 15.3. The summed E-state index contributed by atoms with van der Waals surface area (Å²) in [4.78, 5) is 16.9. The second-order valence-corrected chi connectivity index (χ2v) is 8.36. The summed E-state index contributed by atoms with van der Waals surface area (Å²) in [6, 6.07) is 13.6. The van der Waals surface area contributed by atoms with Gasteiger partial charge in [-0.1, -0.05) is 52.5 Å². The van der Waals surface area contributed by atoms with E-state index < -0.39 is 0 Å². The number of hydrogen-bond acceptors (Lipinski definition) is 4. The molecule has 9 heteroatoms. The molecule has 32 heavy (non-hydrogen) atoms. The quantitative estimate of drug-likeness (QED) is 0.280. The number of carbonyl (C=O) groups is 1.